The highest BCUT2D eigenvalue weighted by atomic mass is 32.2. The van der Waals surface area contributed by atoms with E-state index < -0.39 is 31.5 Å². The Kier molecular flexibility index (Phi) is 7.41. The molecule has 1 fully saturated rings. The summed E-state index contributed by atoms with van der Waals surface area (Å²) in [7, 11) is -7.02. The van der Waals surface area contributed by atoms with Crippen molar-refractivity contribution >= 4 is 25.8 Å². The van der Waals surface area contributed by atoms with Crippen molar-refractivity contribution in [2.75, 3.05) is 37.7 Å². The number of sulfone groups is 1. The average molecular weight is 417 g/mol. The normalized spacial score (nSPS) is 16.4. The summed E-state index contributed by atoms with van der Waals surface area (Å²) in [6, 6.07) is 6.64. The van der Waals surface area contributed by atoms with E-state index in [9.17, 15) is 21.6 Å². The van der Waals surface area contributed by atoms with E-state index in [2.05, 4.69) is 0 Å². The van der Waals surface area contributed by atoms with Crippen molar-refractivity contribution in [1.29, 1.82) is 0 Å². The Morgan fingerprint density at radius 3 is 2.11 bits per heavy atom. The first-order chi connectivity index (χ1) is 12.7. The first kappa shape index (κ1) is 21.8. The number of sulfonamides is 1. The molecule has 0 aromatic heterocycles. The molecule has 1 aliphatic heterocycles. The molecular formula is C18H28N2O5S2. The molecule has 0 aliphatic carbocycles. The molecule has 1 aliphatic rings. The SMILES string of the molecule is CCCCCS(=O)(=O)CC(=O)N1CCN(S(=O)(=O)c2ccc(C)cc2)CC1. The van der Waals surface area contributed by atoms with Crippen LogP contribution < -0.4 is 0 Å². The molecule has 9 heteroatoms. The fourth-order valence-electron chi connectivity index (χ4n) is 2.96. The Morgan fingerprint density at radius 1 is 0.963 bits per heavy atom. The van der Waals surface area contributed by atoms with E-state index in [4.69, 9.17) is 0 Å². The highest BCUT2D eigenvalue weighted by Crippen LogP contribution is 2.18. The number of piperazine rings is 1. The van der Waals surface area contributed by atoms with Crippen LogP contribution in [0.5, 0.6) is 0 Å². The maximum Gasteiger partial charge on any atom is 0.243 e. The van der Waals surface area contributed by atoms with Crippen LogP contribution in [0.3, 0.4) is 0 Å². The molecule has 0 radical (unpaired) electrons. The maximum atomic E-state index is 12.7. The van der Waals surface area contributed by atoms with Crippen LogP contribution in [0, 0.1) is 6.92 Å². The van der Waals surface area contributed by atoms with Gasteiger partial charge in [0.05, 0.1) is 10.6 Å². The molecule has 7 nitrogen and oxygen atoms in total. The molecule has 0 bridgehead atoms. The summed E-state index contributed by atoms with van der Waals surface area (Å²) in [5.74, 6) is -0.922. The molecule has 0 N–H and O–H groups in total. The van der Waals surface area contributed by atoms with Crippen LogP contribution in [0.15, 0.2) is 29.2 Å². The summed E-state index contributed by atoms with van der Waals surface area (Å²) in [5, 5.41) is 0. The lowest BCUT2D eigenvalue weighted by molar-refractivity contribution is -0.129. The molecule has 0 atom stereocenters. The number of hydrogen-bond donors (Lipinski definition) is 0. The quantitative estimate of drug-likeness (QED) is 0.598. The number of carbonyl (C=O) groups excluding carboxylic acids is 1. The fourth-order valence-corrected chi connectivity index (χ4v) is 5.73. The third-order valence-corrected chi connectivity index (χ3v) is 8.16. The fraction of sp³-hybridized carbons (Fsp3) is 0.611. The number of nitrogens with zero attached hydrogens (tertiary/aromatic N) is 2. The molecule has 0 saturated carbocycles. The van der Waals surface area contributed by atoms with Gasteiger partial charge in [-0.2, -0.15) is 4.31 Å². The minimum atomic E-state index is -3.60. The lowest BCUT2D eigenvalue weighted by Gasteiger charge is -2.34. The van der Waals surface area contributed by atoms with Gasteiger partial charge in [-0.15, -0.1) is 0 Å². The van der Waals surface area contributed by atoms with Gasteiger partial charge in [0.25, 0.3) is 0 Å². The zero-order chi connectivity index (χ0) is 20.1. The maximum absolute atomic E-state index is 12.7. The molecule has 0 spiro atoms. The Labute approximate surface area is 162 Å². The molecule has 1 saturated heterocycles. The van der Waals surface area contributed by atoms with Crippen LogP contribution in [-0.2, 0) is 24.7 Å². The largest absolute Gasteiger partial charge is 0.339 e. The van der Waals surface area contributed by atoms with Gasteiger partial charge in [0.2, 0.25) is 15.9 Å². The van der Waals surface area contributed by atoms with E-state index in [1.165, 1.54) is 9.21 Å². The van der Waals surface area contributed by atoms with E-state index in [0.29, 0.717) is 6.42 Å². The lowest BCUT2D eigenvalue weighted by atomic mass is 10.2. The van der Waals surface area contributed by atoms with Gasteiger partial charge in [-0.25, -0.2) is 16.8 Å². The lowest BCUT2D eigenvalue weighted by Crippen LogP contribution is -2.51. The van der Waals surface area contributed by atoms with E-state index >= 15 is 0 Å². The summed E-state index contributed by atoms with van der Waals surface area (Å²) in [4.78, 5) is 14.0. The second-order valence-electron chi connectivity index (χ2n) is 6.90. The van der Waals surface area contributed by atoms with Gasteiger partial charge in [-0.1, -0.05) is 37.5 Å². The Balaban J connectivity index is 1.92. The minimum absolute atomic E-state index is 0.0222. The summed E-state index contributed by atoms with van der Waals surface area (Å²) < 4.78 is 50.8. The Hall–Kier alpha value is -1.45. The summed E-state index contributed by atoms with van der Waals surface area (Å²) in [6.45, 7) is 4.61. The van der Waals surface area contributed by atoms with Crippen LogP contribution >= 0.6 is 0 Å². The molecular weight excluding hydrogens is 388 g/mol. The first-order valence-electron chi connectivity index (χ1n) is 9.21. The van der Waals surface area contributed by atoms with Gasteiger partial charge >= 0.3 is 0 Å². The van der Waals surface area contributed by atoms with Gasteiger partial charge in [-0.05, 0) is 25.5 Å². The monoisotopic (exact) mass is 416 g/mol. The first-order valence-corrected chi connectivity index (χ1v) is 12.5. The van der Waals surface area contributed by atoms with Crippen molar-refractivity contribution in [3.63, 3.8) is 0 Å². The number of rotatable bonds is 8. The summed E-state index contributed by atoms with van der Waals surface area (Å²) >= 11 is 0. The van der Waals surface area contributed by atoms with E-state index in [-0.39, 0.29) is 36.8 Å². The molecule has 1 aromatic carbocycles. The number of benzene rings is 1. The van der Waals surface area contributed by atoms with Crippen molar-refractivity contribution in [2.24, 2.45) is 0 Å². The van der Waals surface area contributed by atoms with Crippen LogP contribution in [0.4, 0.5) is 0 Å². The van der Waals surface area contributed by atoms with Crippen molar-refractivity contribution in [2.45, 2.75) is 38.0 Å². The molecule has 1 heterocycles. The molecule has 152 valence electrons. The van der Waals surface area contributed by atoms with Crippen LogP contribution in [-0.4, -0.2) is 69.6 Å². The number of hydrogen-bond acceptors (Lipinski definition) is 5. The van der Waals surface area contributed by atoms with E-state index in [1.54, 1.807) is 24.3 Å². The predicted molar refractivity (Wildman–Crippen MR) is 105 cm³/mol. The second kappa shape index (κ2) is 9.16. The van der Waals surface area contributed by atoms with E-state index in [1.807, 2.05) is 13.8 Å². The van der Waals surface area contributed by atoms with Gasteiger partial charge < -0.3 is 4.90 Å². The molecule has 1 amide bonds. The third-order valence-electron chi connectivity index (χ3n) is 4.65. The zero-order valence-electron chi connectivity index (χ0n) is 15.9. The van der Waals surface area contributed by atoms with Crippen molar-refractivity contribution in [3.05, 3.63) is 29.8 Å². The average Bonchev–Trinajstić information content (AvgIpc) is 2.62. The summed E-state index contributed by atoms with van der Waals surface area (Å²) in [6.07, 6.45) is 2.30. The predicted octanol–water partition coefficient (Wildman–Crippen LogP) is 1.43. The summed E-state index contributed by atoms with van der Waals surface area (Å²) in [5.41, 5.74) is 0.976. The van der Waals surface area contributed by atoms with E-state index in [0.717, 1.165) is 18.4 Å². The van der Waals surface area contributed by atoms with Crippen LogP contribution in [0.2, 0.25) is 0 Å². The Morgan fingerprint density at radius 2 is 1.56 bits per heavy atom. The van der Waals surface area contributed by atoms with Gasteiger partial charge in [-0.3, -0.25) is 4.79 Å². The minimum Gasteiger partial charge on any atom is -0.339 e. The highest BCUT2D eigenvalue weighted by Gasteiger charge is 2.31. The smallest absolute Gasteiger partial charge is 0.243 e. The third kappa shape index (κ3) is 6.02. The molecule has 2 rings (SSSR count). The van der Waals surface area contributed by atoms with Gasteiger partial charge in [0, 0.05) is 26.2 Å². The molecule has 0 unspecified atom stereocenters. The second-order valence-corrected chi connectivity index (χ2v) is 11.0. The van der Waals surface area contributed by atoms with Crippen LogP contribution in [0.1, 0.15) is 31.7 Å². The number of carbonyl (C=O) groups is 1. The topological polar surface area (TPSA) is 91.8 Å². The number of aryl methyl sites for hydroxylation is 1. The Bertz CT molecular complexity index is 840. The van der Waals surface area contributed by atoms with Crippen molar-refractivity contribution < 1.29 is 21.6 Å². The molecule has 1 aromatic rings. The van der Waals surface area contributed by atoms with Gasteiger partial charge in [0.15, 0.2) is 9.84 Å². The number of amides is 1. The van der Waals surface area contributed by atoms with Gasteiger partial charge in [0.1, 0.15) is 5.75 Å². The van der Waals surface area contributed by atoms with Crippen LogP contribution in [0.25, 0.3) is 0 Å². The standard InChI is InChI=1S/C18H28N2O5S2/c1-3-4-5-14-26(22,23)15-18(21)19-10-12-20(13-11-19)27(24,25)17-8-6-16(2)7-9-17/h6-9H,3-5,10-15H2,1-2H3. The highest BCUT2D eigenvalue weighted by molar-refractivity contribution is 7.92. The molecule has 27 heavy (non-hydrogen) atoms. The zero-order valence-corrected chi connectivity index (χ0v) is 17.6. The van der Waals surface area contributed by atoms with Crippen molar-refractivity contribution in [3.8, 4) is 0 Å². The number of unbranched alkanes of at least 4 members (excludes halogenated alkanes) is 2. The van der Waals surface area contributed by atoms with Crippen molar-refractivity contribution in [1.82, 2.24) is 9.21 Å².